The molecule has 3 rings (SSSR count). The summed E-state index contributed by atoms with van der Waals surface area (Å²) in [5, 5.41) is 10.1. The monoisotopic (exact) mass is 314 g/mol. The third-order valence-electron chi connectivity index (χ3n) is 4.18. The number of rotatable bonds is 0. The molecule has 0 amide bonds. The number of hydrogen-bond acceptors (Lipinski definition) is 1. The van der Waals surface area contributed by atoms with Crippen molar-refractivity contribution in [2.75, 3.05) is 0 Å². The van der Waals surface area contributed by atoms with E-state index in [0.717, 1.165) is 0 Å². The lowest BCUT2D eigenvalue weighted by atomic mass is 9.80. The molecule has 2 aliphatic rings. The molecule has 1 aromatic carbocycles. The van der Waals surface area contributed by atoms with E-state index in [4.69, 9.17) is 0 Å². The zero-order valence-electron chi connectivity index (χ0n) is 8.72. The van der Waals surface area contributed by atoms with Crippen LogP contribution < -0.4 is 0 Å². The smallest absolute Gasteiger partial charge is 0.119 e. The van der Waals surface area contributed by atoms with E-state index < -0.39 is 0 Å². The van der Waals surface area contributed by atoms with E-state index in [1.165, 1.54) is 53.2 Å². The normalized spacial score (nSPS) is 22.2. The molecule has 1 nitrogen and oxygen atoms in total. The molecule has 2 heteroatoms. The molecule has 0 atom stereocenters. The van der Waals surface area contributed by atoms with Crippen molar-refractivity contribution >= 4 is 22.6 Å². The summed E-state index contributed by atoms with van der Waals surface area (Å²) < 4.78 is 1.34. The highest BCUT2D eigenvalue weighted by molar-refractivity contribution is 14.1. The van der Waals surface area contributed by atoms with Gasteiger partial charge < -0.3 is 5.11 Å². The average Bonchev–Trinajstić information content (AvgIpc) is 2.83. The summed E-state index contributed by atoms with van der Waals surface area (Å²) >= 11 is 2.40. The molecule has 0 aromatic heterocycles. The van der Waals surface area contributed by atoms with Gasteiger partial charge >= 0.3 is 0 Å². The van der Waals surface area contributed by atoms with Gasteiger partial charge in [-0.05, 0) is 71.4 Å². The van der Waals surface area contributed by atoms with Gasteiger partial charge in [-0.3, -0.25) is 0 Å². The fourth-order valence-corrected chi connectivity index (χ4v) is 4.21. The molecule has 1 spiro atoms. The molecule has 0 saturated heterocycles. The van der Waals surface area contributed by atoms with Crippen LogP contribution in [-0.4, -0.2) is 5.11 Å². The lowest BCUT2D eigenvalue weighted by Crippen LogP contribution is -2.17. The number of aromatic hydroxyl groups is 1. The van der Waals surface area contributed by atoms with E-state index in [9.17, 15) is 5.11 Å². The number of phenolic OH excluding ortho intramolecular Hbond substituents is 1. The van der Waals surface area contributed by atoms with Gasteiger partial charge in [-0.15, -0.1) is 0 Å². The van der Waals surface area contributed by atoms with E-state index in [-0.39, 0.29) is 0 Å². The Morgan fingerprint density at radius 2 is 1.87 bits per heavy atom. The van der Waals surface area contributed by atoms with Crippen LogP contribution in [0.1, 0.15) is 43.2 Å². The minimum atomic E-state index is 0.348. The maximum atomic E-state index is 10.1. The van der Waals surface area contributed by atoms with E-state index in [1.54, 1.807) is 0 Å². The molecule has 80 valence electrons. The van der Waals surface area contributed by atoms with Crippen LogP contribution in [0.25, 0.3) is 0 Å². The van der Waals surface area contributed by atoms with Gasteiger partial charge in [-0.1, -0.05) is 12.8 Å². The van der Waals surface area contributed by atoms with Gasteiger partial charge in [0.15, 0.2) is 0 Å². The third-order valence-corrected chi connectivity index (χ3v) is 5.19. The zero-order valence-corrected chi connectivity index (χ0v) is 10.9. The Balaban J connectivity index is 2.20. The highest BCUT2D eigenvalue weighted by atomic mass is 127. The average molecular weight is 314 g/mol. The summed E-state index contributed by atoms with van der Waals surface area (Å²) in [6.45, 7) is 0. The second-order valence-corrected chi connectivity index (χ2v) is 6.07. The molecule has 0 unspecified atom stereocenters. The van der Waals surface area contributed by atoms with Crippen LogP contribution in [0.15, 0.2) is 12.1 Å². The maximum Gasteiger partial charge on any atom is 0.119 e. The van der Waals surface area contributed by atoms with Crippen molar-refractivity contribution < 1.29 is 5.11 Å². The Bertz CT molecular complexity index is 405. The van der Waals surface area contributed by atoms with E-state index in [0.29, 0.717) is 11.2 Å². The first-order valence-electron chi connectivity index (χ1n) is 5.74. The highest BCUT2D eigenvalue weighted by Crippen LogP contribution is 2.53. The van der Waals surface area contributed by atoms with Crippen LogP contribution in [0.3, 0.4) is 0 Å². The van der Waals surface area contributed by atoms with Crippen molar-refractivity contribution in [3.8, 4) is 5.75 Å². The first-order valence-corrected chi connectivity index (χ1v) is 6.82. The molecule has 0 bridgehead atoms. The first-order chi connectivity index (χ1) is 7.23. The van der Waals surface area contributed by atoms with Gasteiger partial charge in [-0.2, -0.15) is 0 Å². The summed E-state index contributed by atoms with van der Waals surface area (Å²) in [6, 6.07) is 3.93. The Labute approximate surface area is 104 Å². The van der Waals surface area contributed by atoms with Gasteiger partial charge in [0.2, 0.25) is 0 Å². The van der Waals surface area contributed by atoms with Gasteiger partial charge in [0.05, 0.1) is 0 Å². The number of fused-ring (bicyclic) bond motifs is 2. The van der Waals surface area contributed by atoms with Crippen LogP contribution >= 0.6 is 22.6 Å². The van der Waals surface area contributed by atoms with Crippen molar-refractivity contribution in [3.05, 3.63) is 26.8 Å². The molecule has 1 aromatic rings. The molecular formula is C13H15IO. The van der Waals surface area contributed by atoms with Gasteiger partial charge in [0, 0.05) is 9.13 Å². The van der Waals surface area contributed by atoms with Crippen LogP contribution in [0, 0.1) is 3.57 Å². The summed E-state index contributed by atoms with van der Waals surface area (Å²) in [5.41, 5.74) is 3.07. The summed E-state index contributed by atoms with van der Waals surface area (Å²) in [6.07, 6.45) is 7.67. The standard InChI is InChI=1S/C13H15IO/c14-10-3-4-11(15)12-9(10)5-8-13(12)6-1-2-7-13/h3-4,15H,1-2,5-8H2. The predicted molar refractivity (Wildman–Crippen MR) is 69.3 cm³/mol. The Morgan fingerprint density at radius 3 is 2.60 bits per heavy atom. The summed E-state index contributed by atoms with van der Waals surface area (Å²) in [7, 11) is 0. The molecule has 1 fully saturated rings. The van der Waals surface area contributed by atoms with Crippen molar-refractivity contribution in [2.24, 2.45) is 0 Å². The molecule has 15 heavy (non-hydrogen) atoms. The molecule has 2 aliphatic carbocycles. The Hall–Kier alpha value is -0.250. The third kappa shape index (κ3) is 1.33. The summed E-state index contributed by atoms with van der Waals surface area (Å²) in [4.78, 5) is 0. The molecule has 0 heterocycles. The SMILES string of the molecule is Oc1ccc(I)c2c1C1(CCCC1)CC2. The molecule has 0 radical (unpaired) electrons. The molecule has 1 N–H and O–H groups in total. The topological polar surface area (TPSA) is 20.2 Å². The Kier molecular flexibility index (Phi) is 2.23. The molecule has 0 aliphatic heterocycles. The van der Waals surface area contributed by atoms with Crippen molar-refractivity contribution in [1.29, 1.82) is 0 Å². The highest BCUT2D eigenvalue weighted by Gasteiger charge is 2.43. The first kappa shape index (κ1) is 9.94. The second kappa shape index (κ2) is 3.37. The predicted octanol–water partition coefficient (Wildman–Crippen LogP) is 3.75. The number of hydrogen-bond donors (Lipinski definition) is 1. The molecular weight excluding hydrogens is 299 g/mol. The molecule has 1 saturated carbocycles. The van der Waals surface area contributed by atoms with Gasteiger partial charge in [-0.25, -0.2) is 0 Å². The zero-order chi connectivity index (χ0) is 10.5. The van der Waals surface area contributed by atoms with Crippen molar-refractivity contribution in [2.45, 2.75) is 43.9 Å². The van der Waals surface area contributed by atoms with Crippen molar-refractivity contribution in [1.82, 2.24) is 0 Å². The largest absolute Gasteiger partial charge is 0.508 e. The number of benzene rings is 1. The van der Waals surface area contributed by atoms with E-state index in [1.807, 2.05) is 12.1 Å². The fraction of sp³-hybridized carbons (Fsp3) is 0.538. The second-order valence-electron chi connectivity index (χ2n) is 4.91. The quantitative estimate of drug-likeness (QED) is 0.723. The van der Waals surface area contributed by atoms with Crippen LogP contribution in [0.5, 0.6) is 5.75 Å². The van der Waals surface area contributed by atoms with Crippen LogP contribution in [0.4, 0.5) is 0 Å². The lowest BCUT2D eigenvalue weighted by molar-refractivity contribution is 0.402. The van der Waals surface area contributed by atoms with Crippen LogP contribution in [0.2, 0.25) is 0 Å². The van der Waals surface area contributed by atoms with Crippen molar-refractivity contribution in [3.63, 3.8) is 0 Å². The van der Waals surface area contributed by atoms with Gasteiger partial charge in [0.1, 0.15) is 5.75 Å². The van der Waals surface area contributed by atoms with Crippen LogP contribution in [-0.2, 0) is 11.8 Å². The van der Waals surface area contributed by atoms with E-state index >= 15 is 0 Å². The maximum absolute atomic E-state index is 10.1. The minimum absolute atomic E-state index is 0.348. The summed E-state index contributed by atoms with van der Waals surface area (Å²) in [5.74, 6) is 0.546. The lowest BCUT2D eigenvalue weighted by Gasteiger charge is -2.25. The minimum Gasteiger partial charge on any atom is -0.508 e. The Morgan fingerprint density at radius 1 is 1.13 bits per heavy atom. The van der Waals surface area contributed by atoms with Gasteiger partial charge in [0.25, 0.3) is 0 Å². The number of phenols is 1. The number of halogens is 1. The fourth-order valence-electron chi connectivity index (χ4n) is 3.49. The van der Waals surface area contributed by atoms with E-state index in [2.05, 4.69) is 22.6 Å².